The van der Waals surface area contributed by atoms with Crippen LogP contribution >= 0.6 is 0 Å². The third-order valence-corrected chi connectivity index (χ3v) is 2.62. The van der Waals surface area contributed by atoms with Crippen LogP contribution < -0.4 is 5.32 Å². The highest BCUT2D eigenvalue weighted by atomic mass is 16.4. The van der Waals surface area contributed by atoms with Crippen molar-refractivity contribution in [2.45, 2.75) is 0 Å². The highest BCUT2D eigenvalue weighted by Crippen LogP contribution is 2.17. The Morgan fingerprint density at radius 3 is 2.74 bits per heavy atom. The largest absolute Gasteiger partial charge is 0.476 e. The number of carbonyl (C=O) groups is 1. The predicted octanol–water partition coefficient (Wildman–Crippen LogP) is 2.17. The number of nitrogens with one attached hydrogen (secondary N) is 1. The van der Waals surface area contributed by atoms with Crippen molar-refractivity contribution in [1.29, 1.82) is 0 Å². The fourth-order valence-corrected chi connectivity index (χ4v) is 1.76. The van der Waals surface area contributed by atoms with E-state index in [-0.39, 0.29) is 5.69 Å². The van der Waals surface area contributed by atoms with E-state index >= 15 is 0 Å². The summed E-state index contributed by atoms with van der Waals surface area (Å²) in [6, 6.07) is 12.7. The van der Waals surface area contributed by atoms with E-state index in [0.29, 0.717) is 11.5 Å². The summed E-state index contributed by atoms with van der Waals surface area (Å²) < 4.78 is 1.47. The van der Waals surface area contributed by atoms with Gasteiger partial charge in [-0.05, 0) is 18.2 Å². The molecule has 6 heteroatoms. The van der Waals surface area contributed by atoms with Crippen LogP contribution in [-0.2, 0) is 0 Å². The molecule has 0 amide bonds. The molecule has 2 aromatic heterocycles. The Bertz CT molecular complexity index is 737. The molecule has 0 unspecified atom stereocenters. The maximum absolute atomic E-state index is 10.9. The van der Waals surface area contributed by atoms with E-state index < -0.39 is 5.97 Å². The number of fused-ring (bicyclic) bond motifs is 1. The Labute approximate surface area is 108 Å². The molecular formula is C13H10N4O2. The second-order valence-electron chi connectivity index (χ2n) is 3.93. The Kier molecular flexibility index (Phi) is 2.60. The van der Waals surface area contributed by atoms with Crippen molar-refractivity contribution in [2.75, 3.05) is 5.32 Å². The molecule has 0 aliphatic carbocycles. The monoisotopic (exact) mass is 254 g/mol. The lowest BCUT2D eigenvalue weighted by atomic mass is 10.3. The van der Waals surface area contributed by atoms with Crippen LogP contribution in [0.15, 0.2) is 48.7 Å². The maximum atomic E-state index is 10.9. The molecule has 1 aromatic carbocycles. The van der Waals surface area contributed by atoms with Crippen molar-refractivity contribution in [3.05, 3.63) is 54.4 Å². The molecule has 19 heavy (non-hydrogen) atoms. The zero-order chi connectivity index (χ0) is 13.2. The van der Waals surface area contributed by atoms with Gasteiger partial charge in [-0.2, -0.15) is 9.61 Å². The number of rotatable bonds is 3. The topological polar surface area (TPSA) is 79.5 Å². The van der Waals surface area contributed by atoms with Gasteiger partial charge in [-0.3, -0.25) is 0 Å². The Morgan fingerprint density at radius 2 is 2.00 bits per heavy atom. The molecule has 0 bridgehead atoms. The average molecular weight is 254 g/mol. The van der Waals surface area contributed by atoms with Crippen molar-refractivity contribution in [2.24, 2.45) is 0 Å². The van der Waals surface area contributed by atoms with Gasteiger partial charge in [0.1, 0.15) is 5.82 Å². The molecule has 3 rings (SSSR count). The standard InChI is InChI=1S/C13H10N4O2/c18-13(19)10-8-12-14-7-6-11(17(12)16-10)15-9-4-2-1-3-5-9/h1-8,15H,(H,18,19). The van der Waals surface area contributed by atoms with E-state index in [2.05, 4.69) is 15.4 Å². The maximum Gasteiger partial charge on any atom is 0.356 e. The van der Waals surface area contributed by atoms with Crippen LogP contribution in [0.4, 0.5) is 11.5 Å². The highest BCUT2D eigenvalue weighted by molar-refractivity contribution is 5.86. The van der Waals surface area contributed by atoms with Crippen LogP contribution in [0, 0.1) is 0 Å². The normalized spacial score (nSPS) is 10.5. The molecule has 6 nitrogen and oxygen atoms in total. The first-order valence-electron chi connectivity index (χ1n) is 5.64. The second kappa shape index (κ2) is 4.41. The smallest absolute Gasteiger partial charge is 0.356 e. The van der Waals surface area contributed by atoms with E-state index in [9.17, 15) is 4.79 Å². The fourth-order valence-electron chi connectivity index (χ4n) is 1.76. The summed E-state index contributed by atoms with van der Waals surface area (Å²) in [5, 5.41) is 16.1. The van der Waals surface area contributed by atoms with Gasteiger partial charge < -0.3 is 10.4 Å². The van der Waals surface area contributed by atoms with Crippen LogP contribution in [0.5, 0.6) is 0 Å². The van der Waals surface area contributed by atoms with Crippen molar-refractivity contribution in [1.82, 2.24) is 14.6 Å². The number of nitrogens with zero attached hydrogens (tertiary/aromatic N) is 3. The van der Waals surface area contributed by atoms with Crippen molar-refractivity contribution in [3.8, 4) is 0 Å². The number of carboxylic acid groups (broad SMARTS) is 1. The van der Waals surface area contributed by atoms with E-state index in [1.165, 1.54) is 10.6 Å². The summed E-state index contributed by atoms with van der Waals surface area (Å²) in [6.45, 7) is 0. The molecular weight excluding hydrogens is 244 g/mol. The molecule has 0 radical (unpaired) electrons. The molecule has 0 aliphatic heterocycles. The number of carboxylic acids is 1. The number of anilines is 2. The third-order valence-electron chi connectivity index (χ3n) is 2.62. The molecule has 0 fully saturated rings. The first-order valence-corrected chi connectivity index (χ1v) is 5.64. The third kappa shape index (κ3) is 2.11. The Morgan fingerprint density at radius 1 is 1.21 bits per heavy atom. The molecule has 94 valence electrons. The minimum atomic E-state index is -1.07. The van der Waals surface area contributed by atoms with Crippen LogP contribution in [0.3, 0.4) is 0 Å². The lowest BCUT2D eigenvalue weighted by Crippen LogP contribution is -2.02. The number of benzene rings is 1. The summed E-state index contributed by atoms with van der Waals surface area (Å²) in [5.74, 6) is -0.417. The van der Waals surface area contributed by atoms with E-state index in [1.54, 1.807) is 12.3 Å². The van der Waals surface area contributed by atoms with Gasteiger partial charge in [-0.15, -0.1) is 0 Å². The van der Waals surface area contributed by atoms with Crippen LogP contribution in [0.25, 0.3) is 5.65 Å². The molecule has 2 heterocycles. The van der Waals surface area contributed by atoms with Crippen LogP contribution in [0.1, 0.15) is 10.5 Å². The predicted molar refractivity (Wildman–Crippen MR) is 69.7 cm³/mol. The number of aromatic carboxylic acids is 1. The molecule has 0 spiro atoms. The number of hydrogen-bond donors (Lipinski definition) is 2. The summed E-state index contributed by atoms with van der Waals surface area (Å²) in [7, 11) is 0. The highest BCUT2D eigenvalue weighted by Gasteiger charge is 2.11. The van der Waals surface area contributed by atoms with Crippen molar-refractivity contribution < 1.29 is 9.90 Å². The lowest BCUT2D eigenvalue weighted by molar-refractivity contribution is 0.0690. The SMILES string of the molecule is O=C(O)c1cc2nccc(Nc3ccccc3)n2n1. The van der Waals surface area contributed by atoms with Gasteiger partial charge in [0.25, 0.3) is 0 Å². The second-order valence-corrected chi connectivity index (χ2v) is 3.93. The van der Waals surface area contributed by atoms with Crippen molar-refractivity contribution >= 4 is 23.1 Å². The molecule has 0 atom stereocenters. The van der Waals surface area contributed by atoms with Gasteiger partial charge in [-0.25, -0.2) is 9.78 Å². The van der Waals surface area contributed by atoms with E-state index in [0.717, 1.165) is 5.69 Å². The lowest BCUT2D eigenvalue weighted by Gasteiger charge is -2.07. The Hall–Kier alpha value is -2.89. The first-order chi connectivity index (χ1) is 9.24. The summed E-state index contributed by atoms with van der Waals surface area (Å²) in [4.78, 5) is 15.0. The summed E-state index contributed by atoms with van der Waals surface area (Å²) in [6.07, 6.45) is 1.61. The molecule has 0 saturated carbocycles. The summed E-state index contributed by atoms with van der Waals surface area (Å²) in [5.41, 5.74) is 1.34. The van der Waals surface area contributed by atoms with Gasteiger partial charge in [-0.1, -0.05) is 18.2 Å². The minimum absolute atomic E-state index is 0.0326. The molecule has 0 saturated heterocycles. The zero-order valence-corrected chi connectivity index (χ0v) is 9.82. The number of hydrogen-bond acceptors (Lipinski definition) is 4. The number of para-hydroxylation sites is 1. The van der Waals surface area contributed by atoms with Gasteiger partial charge in [0.2, 0.25) is 0 Å². The first kappa shape index (κ1) is 11.2. The van der Waals surface area contributed by atoms with Gasteiger partial charge in [0.05, 0.1) is 0 Å². The van der Waals surface area contributed by atoms with Gasteiger partial charge in [0, 0.05) is 18.0 Å². The molecule has 3 aromatic rings. The molecule has 2 N–H and O–H groups in total. The summed E-state index contributed by atoms with van der Waals surface area (Å²) >= 11 is 0. The van der Waals surface area contributed by atoms with Gasteiger partial charge in [0.15, 0.2) is 11.3 Å². The Balaban J connectivity index is 2.06. The van der Waals surface area contributed by atoms with Crippen LogP contribution in [0.2, 0.25) is 0 Å². The van der Waals surface area contributed by atoms with E-state index in [4.69, 9.17) is 5.11 Å². The van der Waals surface area contributed by atoms with Crippen molar-refractivity contribution in [3.63, 3.8) is 0 Å². The van der Waals surface area contributed by atoms with E-state index in [1.807, 2.05) is 30.3 Å². The zero-order valence-electron chi connectivity index (χ0n) is 9.82. The molecule has 0 aliphatic rings. The minimum Gasteiger partial charge on any atom is -0.476 e. The van der Waals surface area contributed by atoms with Crippen LogP contribution in [-0.4, -0.2) is 25.7 Å². The number of aromatic nitrogens is 3. The quantitative estimate of drug-likeness (QED) is 0.748. The average Bonchev–Trinajstić information content (AvgIpc) is 2.85. The van der Waals surface area contributed by atoms with Gasteiger partial charge >= 0.3 is 5.97 Å². The fraction of sp³-hybridized carbons (Fsp3) is 0.